The molecule has 0 atom stereocenters. The molecule has 21 heavy (non-hydrogen) atoms. The molecule has 3 nitrogen and oxygen atoms in total. The summed E-state index contributed by atoms with van der Waals surface area (Å²) in [5.41, 5.74) is 9.48. The van der Waals surface area contributed by atoms with Crippen molar-refractivity contribution < 1.29 is 4.79 Å². The van der Waals surface area contributed by atoms with Gasteiger partial charge in [0.1, 0.15) is 0 Å². The molecule has 2 aromatic carbocycles. The fourth-order valence-electron chi connectivity index (χ4n) is 2.20. The van der Waals surface area contributed by atoms with Crippen LogP contribution in [0.15, 0.2) is 42.5 Å². The zero-order valence-electron chi connectivity index (χ0n) is 12.2. The van der Waals surface area contributed by atoms with Crippen molar-refractivity contribution in [2.45, 2.75) is 13.8 Å². The molecule has 0 aliphatic carbocycles. The van der Waals surface area contributed by atoms with Gasteiger partial charge in [0.05, 0.1) is 12.2 Å². The molecule has 0 saturated heterocycles. The Balaban J connectivity index is 2.32. The third kappa shape index (κ3) is 3.50. The number of anilines is 1. The van der Waals surface area contributed by atoms with Crippen LogP contribution in [-0.2, 0) is 0 Å². The van der Waals surface area contributed by atoms with Gasteiger partial charge in [-0.05, 0) is 37.1 Å². The molecule has 1 amide bonds. The third-order valence-corrected chi connectivity index (χ3v) is 3.21. The van der Waals surface area contributed by atoms with Crippen LogP contribution in [0.4, 0.5) is 5.69 Å². The topological polar surface area (TPSA) is 55.1 Å². The van der Waals surface area contributed by atoms with E-state index in [9.17, 15) is 4.79 Å². The van der Waals surface area contributed by atoms with Gasteiger partial charge in [-0.25, -0.2) is 0 Å². The Morgan fingerprint density at radius 3 is 2.43 bits per heavy atom. The summed E-state index contributed by atoms with van der Waals surface area (Å²) in [4.78, 5) is 12.5. The van der Waals surface area contributed by atoms with Gasteiger partial charge in [-0.3, -0.25) is 4.79 Å². The van der Waals surface area contributed by atoms with E-state index in [2.05, 4.69) is 17.2 Å². The second-order valence-electron chi connectivity index (χ2n) is 4.77. The Hall–Kier alpha value is -2.57. The highest BCUT2D eigenvalue weighted by Crippen LogP contribution is 2.18. The van der Waals surface area contributed by atoms with Gasteiger partial charge in [0.15, 0.2) is 0 Å². The Kier molecular flexibility index (Phi) is 4.76. The van der Waals surface area contributed by atoms with Crippen LogP contribution in [0, 0.1) is 25.7 Å². The molecule has 0 aliphatic rings. The highest BCUT2D eigenvalue weighted by Gasteiger charge is 2.13. The average molecular weight is 278 g/mol. The summed E-state index contributed by atoms with van der Waals surface area (Å²) in [6.07, 6.45) is 0. The number of carbonyl (C=O) groups excluding carboxylic acids is 1. The normalized spacial score (nSPS) is 9.67. The lowest BCUT2D eigenvalue weighted by Gasteiger charge is -2.11. The van der Waals surface area contributed by atoms with Crippen molar-refractivity contribution >= 4 is 11.6 Å². The van der Waals surface area contributed by atoms with E-state index < -0.39 is 0 Å². The molecule has 0 heterocycles. The van der Waals surface area contributed by atoms with E-state index >= 15 is 0 Å². The molecule has 0 aromatic heterocycles. The van der Waals surface area contributed by atoms with Crippen molar-refractivity contribution in [3.8, 4) is 11.8 Å². The van der Waals surface area contributed by atoms with Crippen LogP contribution in [0.2, 0.25) is 0 Å². The molecule has 2 aromatic rings. The Morgan fingerprint density at radius 2 is 1.76 bits per heavy atom. The number of aryl methyl sites for hydroxylation is 2. The van der Waals surface area contributed by atoms with Crippen molar-refractivity contribution in [2.24, 2.45) is 5.73 Å². The first kappa shape index (κ1) is 14.8. The minimum absolute atomic E-state index is 0.118. The highest BCUT2D eigenvalue weighted by atomic mass is 16.1. The van der Waals surface area contributed by atoms with E-state index in [0.29, 0.717) is 17.8 Å². The number of hydrogen-bond acceptors (Lipinski definition) is 2. The third-order valence-electron chi connectivity index (χ3n) is 3.21. The van der Waals surface area contributed by atoms with E-state index in [0.717, 1.165) is 16.7 Å². The fraction of sp³-hybridized carbons (Fsp3) is 0.167. The number of benzene rings is 2. The van der Waals surface area contributed by atoms with Crippen LogP contribution in [0.25, 0.3) is 0 Å². The fourth-order valence-corrected chi connectivity index (χ4v) is 2.20. The van der Waals surface area contributed by atoms with Gasteiger partial charge in [0.2, 0.25) is 0 Å². The van der Waals surface area contributed by atoms with Crippen molar-refractivity contribution in [1.29, 1.82) is 0 Å². The Morgan fingerprint density at radius 1 is 1.10 bits per heavy atom. The molecule has 106 valence electrons. The number of nitrogens with one attached hydrogen (secondary N) is 1. The molecule has 3 N–H and O–H groups in total. The molecule has 0 aliphatic heterocycles. The quantitative estimate of drug-likeness (QED) is 0.830. The van der Waals surface area contributed by atoms with Crippen molar-refractivity contribution in [1.82, 2.24) is 0 Å². The number of para-hydroxylation sites is 1. The maximum Gasteiger partial charge on any atom is 0.256 e. The van der Waals surface area contributed by atoms with Crippen LogP contribution in [-0.4, -0.2) is 12.5 Å². The minimum Gasteiger partial charge on any atom is -0.321 e. The lowest BCUT2D eigenvalue weighted by molar-refractivity contribution is 0.102. The first-order valence-electron chi connectivity index (χ1n) is 6.79. The molecule has 3 heteroatoms. The molecule has 0 radical (unpaired) electrons. The molecular formula is C18H18N2O. The Labute approximate surface area is 125 Å². The standard InChI is InChI=1S/C18H18N2O/c1-13-7-5-8-14(2)17(13)18(21)20-16-11-4-3-9-15(16)10-6-12-19/h3-5,7-9,11H,12,19H2,1-2H3,(H,20,21). The SMILES string of the molecule is Cc1cccc(C)c1C(=O)Nc1ccccc1C#CCN. The van der Waals surface area contributed by atoms with Crippen molar-refractivity contribution in [3.63, 3.8) is 0 Å². The summed E-state index contributed by atoms with van der Waals surface area (Å²) in [6, 6.07) is 13.3. The largest absolute Gasteiger partial charge is 0.321 e. The average Bonchev–Trinajstić information content (AvgIpc) is 2.46. The summed E-state index contributed by atoms with van der Waals surface area (Å²) in [6.45, 7) is 4.16. The number of amides is 1. The predicted molar refractivity (Wildman–Crippen MR) is 86.2 cm³/mol. The zero-order chi connectivity index (χ0) is 15.2. The molecule has 0 bridgehead atoms. The van der Waals surface area contributed by atoms with Crippen molar-refractivity contribution in [2.75, 3.05) is 11.9 Å². The van der Waals surface area contributed by atoms with Crippen LogP contribution >= 0.6 is 0 Å². The summed E-state index contributed by atoms with van der Waals surface area (Å²) < 4.78 is 0. The van der Waals surface area contributed by atoms with Gasteiger partial charge in [-0.2, -0.15) is 0 Å². The van der Waals surface area contributed by atoms with Crippen LogP contribution in [0.5, 0.6) is 0 Å². The lowest BCUT2D eigenvalue weighted by atomic mass is 10.0. The second-order valence-corrected chi connectivity index (χ2v) is 4.77. The minimum atomic E-state index is -0.118. The lowest BCUT2D eigenvalue weighted by Crippen LogP contribution is -2.15. The van der Waals surface area contributed by atoms with E-state index in [1.807, 2.05) is 56.3 Å². The molecule has 0 fully saturated rings. The van der Waals surface area contributed by atoms with E-state index in [1.54, 1.807) is 0 Å². The summed E-state index contributed by atoms with van der Waals surface area (Å²) in [5.74, 6) is 5.66. The van der Waals surface area contributed by atoms with E-state index in [-0.39, 0.29) is 5.91 Å². The van der Waals surface area contributed by atoms with Gasteiger partial charge in [0, 0.05) is 11.1 Å². The van der Waals surface area contributed by atoms with E-state index in [1.165, 1.54) is 0 Å². The number of rotatable bonds is 2. The zero-order valence-corrected chi connectivity index (χ0v) is 12.2. The number of nitrogens with two attached hydrogens (primary N) is 1. The van der Waals surface area contributed by atoms with Gasteiger partial charge >= 0.3 is 0 Å². The predicted octanol–water partition coefficient (Wildman–Crippen LogP) is 2.87. The van der Waals surface area contributed by atoms with E-state index in [4.69, 9.17) is 5.73 Å². The first-order chi connectivity index (χ1) is 10.1. The molecule has 0 saturated carbocycles. The Bertz CT molecular complexity index is 703. The maximum absolute atomic E-state index is 12.5. The molecule has 0 spiro atoms. The first-order valence-corrected chi connectivity index (χ1v) is 6.79. The van der Waals surface area contributed by atoms with Gasteiger partial charge < -0.3 is 11.1 Å². The van der Waals surface area contributed by atoms with Crippen LogP contribution in [0.1, 0.15) is 27.0 Å². The van der Waals surface area contributed by atoms with Gasteiger partial charge in [-0.1, -0.05) is 42.2 Å². The van der Waals surface area contributed by atoms with Gasteiger partial charge in [0.25, 0.3) is 5.91 Å². The summed E-state index contributed by atoms with van der Waals surface area (Å²) in [5, 5.41) is 2.94. The monoisotopic (exact) mass is 278 g/mol. The highest BCUT2D eigenvalue weighted by molar-refractivity contribution is 6.06. The summed E-state index contributed by atoms with van der Waals surface area (Å²) >= 11 is 0. The second kappa shape index (κ2) is 6.74. The molecule has 2 rings (SSSR count). The smallest absolute Gasteiger partial charge is 0.256 e. The maximum atomic E-state index is 12.5. The molecule has 0 unspecified atom stereocenters. The van der Waals surface area contributed by atoms with Crippen LogP contribution in [0.3, 0.4) is 0 Å². The van der Waals surface area contributed by atoms with Gasteiger partial charge in [-0.15, -0.1) is 0 Å². The summed E-state index contributed by atoms with van der Waals surface area (Å²) in [7, 11) is 0. The number of carbonyl (C=O) groups is 1. The number of hydrogen-bond donors (Lipinski definition) is 2. The van der Waals surface area contributed by atoms with Crippen LogP contribution < -0.4 is 11.1 Å². The van der Waals surface area contributed by atoms with Crippen molar-refractivity contribution in [3.05, 3.63) is 64.7 Å². The molecular weight excluding hydrogens is 260 g/mol.